The van der Waals surface area contributed by atoms with Crippen LogP contribution in [0.15, 0.2) is 4.52 Å². The fourth-order valence-electron chi connectivity index (χ4n) is 1.36. The summed E-state index contributed by atoms with van der Waals surface area (Å²) in [6.45, 7) is 9.22. The van der Waals surface area contributed by atoms with Gasteiger partial charge in [-0.3, -0.25) is 0 Å². The van der Waals surface area contributed by atoms with Crippen LogP contribution in [0.4, 0.5) is 0 Å². The van der Waals surface area contributed by atoms with E-state index in [1.165, 1.54) is 0 Å². The SMILES string of the molecule is COC(C)Cc1noc(CCNC(C)(C)C)n1. The predicted molar refractivity (Wildman–Crippen MR) is 65.9 cm³/mol. The van der Waals surface area contributed by atoms with E-state index < -0.39 is 0 Å². The predicted octanol–water partition coefficient (Wildman–Crippen LogP) is 1.58. The summed E-state index contributed by atoms with van der Waals surface area (Å²) in [5.74, 6) is 1.39. The Balaban J connectivity index is 2.36. The molecular formula is C12H23N3O2. The Morgan fingerprint density at radius 2 is 2.12 bits per heavy atom. The third-order valence-electron chi connectivity index (χ3n) is 2.38. The topological polar surface area (TPSA) is 60.2 Å². The summed E-state index contributed by atoms with van der Waals surface area (Å²) in [5, 5.41) is 7.30. The number of ether oxygens (including phenoxy) is 1. The minimum atomic E-state index is 0.118. The van der Waals surface area contributed by atoms with Crippen molar-refractivity contribution in [1.82, 2.24) is 15.5 Å². The van der Waals surface area contributed by atoms with Crippen molar-refractivity contribution in [2.75, 3.05) is 13.7 Å². The van der Waals surface area contributed by atoms with Crippen molar-refractivity contribution >= 4 is 0 Å². The molecule has 0 radical (unpaired) electrons. The Labute approximate surface area is 103 Å². The number of hydrogen-bond donors (Lipinski definition) is 1. The summed E-state index contributed by atoms with van der Waals surface area (Å²) >= 11 is 0. The van der Waals surface area contributed by atoms with Crippen molar-refractivity contribution in [3.8, 4) is 0 Å². The van der Waals surface area contributed by atoms with Crippen molar-refractivity contribution in [2.24, 2.45) is 0 Å². The van der Waals surface area contributed by atoms with Crippen LogP contribution < -0.4 is 5.32 Å². The molecule has 1 aromatic heterocycles. The third-order valence-corrected chi connectivity index (χ3v) is 2.38. The molecule has 0 bridgehead atoms. The number of methoxy groups -OCH3 is 1. The smallest absolute Gasteiger partial charge is 0.227 e. The lowest BCUT2D eigenvalue weighted by molar-refractivity contribution is 0.116. The second kappa shape index (κ2) is 6.12. The standard InChI is InChI=1S/C12H23N3O2/c1-9(16-5)8-10-14-11(17-15-10)6-7-13-12(2,3)4/h9,13H,6-8H2,1-5H3. The van der Waals surface area contributed by atoms with E-state index in [4.69, 9.17) is 9.26 Å². The molecule has 0 saturated carbocycles. The molecule has 1 N–H and O–H groups in total. The fourth-order valence-corrected chi connectivity index (χ4v) is 1.36. The van der Waals surface area contributed by atoms with Gasteiger partial charge in [0.2, 0.25) is 5.89 Å². The first-order valence-electron chi connectivity index (χ1n) is 6.00. The van der Waals surface area contributed by atoms with Crippen LogP contribution in [0.5, 0.6) is 0 Å². The van der Waals surface area contributed by atoms with E-state index in [2.05, 4.69) is 36.2 Å². The Hall–Kier alpha value is -0.940. The van der Waals surface area contributed by atoms with Crippen molar-refractivity contribution in [3.63, 3.8) is 0 Å². The van der Waals surface area contributed by atoms with Gasteiger partial charge in [0.15, 0.2) is 5.82 Å². The molecule has 0 spiro atoms. The number of aromatic nitrogens is 2. The normalized spacial score (nSPS) is 13.9. The minimum absolute atomic E-state index is 0.118. The Morgan fingerprint density at radius 1 is 1.41 bits per heavy atom. The van der Waals surface area contributed by atoms with E-state index in [0.29, 0.717) is 18.1 Å². The van der Waals surface area contributed by atoms with Gasteiger partial charge in [0, 0.05) is 32.0 Å². The van der Waals surface area contributed by atoms with Gasteiger partial charge in [-0.2, -0.15) is 4.98 Å². The maximum atomic E-state index is 5.17. The molecule has 98 valence electrons. The van der Waals surface area contributed by atoms with E-state index in [0.717, 1.165) is 13.0 Å². The summed E-state index contributed by atoms with van der Waals surface area (Å²) in [4.78, 5) is 4.32. The molecule has 0 saturated heterocycles. The molecular weight excluding hydrogens is 218 g/mol. The van der Waals surface area contributed by atoms with Crippen molar-refractivity contribution in [1.29, 1.82) is 0 Å². The summed E-state index contributed by atoms with van der Waals surface area (Å²) in [6.07, 6.45) is 1.56. The second-order valence-electron chi connectivity index (χ2n) is 5.28. The molecule has 1 rings (SSSR count). The maximum Gasteiger partial charge on any atom is 0.227 e. The van der Waals surface area contributed by atoms with Gasteiger partial charge in [0.1, 0.15) is 0 Å². The molecule has 0 amide bonds. The van der Waals surface area contributed by atoms with Crippen molar-refractivity contribution in [2.45, 2.75) is 52.2 Å². The Kier molecular flexibility index (Phi) is 5.08. The summed E-state index contributed by atoms with van der Waals surface area (Å²) in [6, 6.07) is 0. The summed E-state index contributed by atoms with van der Waals surface area (Å²) < 4.78 is 10.3. The van der Waals surface area contributed by atoms with Crippen LogP contribution in [0.25, 0.3) is 0 Å². The second-order valence-corrected chi connectivity index (χ2v) is 5.28. The average molecular weight is 241 g/mol. The minimum Gasteiger partial charge on any atom is -0.381 e. The first kappa shape index (κ1) is 14.1. The van der Waals surface area contributed by atoms with E-state index in [1.807, 2.05) is 6.92 Å². The number of rotatable bonds is 6. The molecule has 0 aliphatic heterocycles. The van der Waals surface area contributed by atoms with Crippen LogP contribution in [0, 0.1) is 0 Å². The van der Waals surface area contributed by atoms with Crippen LogP contribution in [0.1, 0.15) is 39.4 Å². The summed E-state index contributed by atoms with van der Waals surface area (Å²) in [5.41, 5.74) is 0.118. The molecule has 5 nitrogen and oxygen atoms in total. The number of hydrogen-bond acceptors (Lipinski definition) is 5. The van der Waals surface area contributed by atoms with E-state index >= 15 is 0 Å². The van der Waals surface area contributed by atoms with E-state index in [-0.39, 0.29) is 11.6 Å². The molecule has 1 aromatic rings. The largest absolute Gasteiger partial charge is 0.381 e. The highest BCUT2D eigenvalue weighted by atomic mass is 16.5. The van der Waals surface area contributed by atoms with Gasteiger partial charge in [0.25, 0.3) is 0 Å². The molecule has 0 aliphatic carbocycles. The Bertz CT molecular complexity index is 331. The van der Waals surface area contributed by atoms with Gasteiger partial charge in [0.05, 0.1) is 6.10 Å². The van der Waals surface area contributed by atoms with Crippen LogP contribution in [-0.2, 0) is 17.6 Å². The van der Waals surface area contributed by atoms with E-state index in [1.54, 1.807) is 7.11 Å². The van der Waals surface area contributed by atoms with Gasteiger partial charge in [-0.1, -0.05) is 5.16 Å². The van der Waals surface area contributed by atoms with Gasteiger partial charge in [-0.05, 0) is 27.7 Å². The zero-order chi connectivity index (χ0) is 12.9. The maximum absolute atomic E-state index is 5.17. The first-order valence-corrected chi connectivity index (χ1v) is 6.00. The lowest BCUT2D eigenvalue weighted by Crippen LogP contribution is -2.37. The quantitative estimate of drug-likeness (QED) is 0.819. The molecule has 0 aromatic carbocycles. The lowest BCUT2D eigenvalue weighted by Gasteiger charge is -2.19. The van der Waals surface area contributed by atoms with Crippen LogP contribution in [0.3, 0.4) is 0 Å². The lowest BCUT2D eigenvalue weighted by atomic mass is 10.1. The van der Waals surface area contributed by atoms with Crippen LogP contribution >= 0.6 is 0 Å². The molecule has 17 heavy (non-hydrogen) atoms. The van der Waals surface area contributed by atoms with Crippen molar-refractivity contribution < 1.29 is 9.26 Å². The number of nitrogens with zero attached hydrogens (tertiary/aromatic N) is 2. The average Bonchev–Trinajstić information content (AvgIpc) is 2.63. The fraction of sp³-hybridized carbons (Fsp3) is 0.833. The van der Waals surface area contributed by atoms with Crippen LogP contribution in [-0.4, -0.2) is 35.4 Å². The molecule has 1 heterocycles. The van der Waals surface area contributed by atoms with Gasteiger partial charge in [-0.15, -0.1) is 0 Å². The van der Waals surface area contributed by atoms with Crippen LogP contribution in [0.2, 0.25) is 0 Å². The monoisotopic (exact) mass is 241 g/mol. The van der Waals surface area contributed by atoms with Gasteiger partial charge >= 0.3 is 0 Å². The molecule has 0 aliphatic rings. The van der Waals surface area contributed by atoms with Crippen molar-refractivity contribution in [3.05, 3.63) is 11.7 Å². The molecule has 5 heteroatoms. The summed E-state index contributed by atoms with van der Waals surface area (Å²) in [7, 11) is 1.68. The van der Waals surface area contributed by atoms with Gasteiger partial charge in [-0.25, -0.2) is 0 Å². The molecule has 0 fully saturated rings. The molecule has 1 unspecified atom stereocenters. The molecule has 1 atom stereocenters. The third kappa shape index (κ3) is 5.79. The highest BCUT2D eigenvalue weighted by Gasteiger charge is 2.12. The highest BCUT2D eigenvalue weighted by Crippen LogP contribution is 2.04. The highest BCUT2D eigenvalue weighted by molar-refractivity contribution is 4.89. The van der Waals surface area contributed by atoms with E-state index in [9.17, 15) is 0 Å². The zero-order valence-corrected chi connectivity index (χ0v) is 11.4. The number of nitrogens with one attached hydrogen (secondary N) is 1. The Morgan fingerprint density at radius 3 is 2.71 bits per heavy atom. The zero-order valence-electron chi connectivity index (χ0n) is 11.4. The van der Waals surface area contributed by atoms with Gasteiger partial charge < -0.3 is 14.6 Å². The first-order chi connectivity index (χ1) is 7.90.